The monoisotopic (exact) mass is 319 g/mol. The van der Waals surface area contributed by atoms with Gasteiger partial charge in [-0.2, -0.15) is 0 Å². The molecule has 0 aliphatic heterocycles. The number of amides is 1. The van der Waals surface area contributed by atoms with Crippen LogP contribution in [0.15, 0.2) is 78.9 Å². The number of halogens is 1. The highest BCUT2D eigenvalue weighted by molar-refractivity contribution is 6.00. The Labute approximate surface area is 141 Å². The van der Waals surface area contributed by atoms with Crippen molar-refractivity contribution in [1.29, 1.82) is 0 Å². The summed E-state index contributed by atoms with van der Waals surface area (Å²) in [6.07, 6.45) is 0.594. The van der Waals surface area contributed by atoms with E-state index in [9.17, 15) is 9.18 Å². The van der Waals surface area contributed by atoms with Gasteiger partial charge in [-0.1, -0.05) is 60.7 Å². The molecule has 1 N–H and O–H groups in total. The summed E-state index contributed by atoms with van der Waals surface area (Å²) >= 11 is 0. The van der Waals surface area contributed by atoms with Crippen molar-refractivity contribution in [1.82, 2.24) is 5.32 Å². The van der Waals surface area contributed by atoms with E-state index < -0.39 is 0 Å². The highest BCUT2D eigenvalue weighted by Crippen LogP contribution is 2.23. The Morgan fingerprint density at radius 3 is 2.42 bits per heavy atom. The van der Waals surface area contributed by atoms with Gasteiger partial charge in [-0.05, 0) is 41.3 Å². The SMILES string of the molecule is O=C(NCCc1cccc(F)c1)c1ccccc1-c1ccccc1. The molecule has 0 saturated carbocycles. The molecule has 2 nitrogen and oxygen atoms in total. The van der Waals surface area contributed by atoms with E-state index in [0.29, 0.717) is 18.5 Å². The summed E-state index contributed by atoms with van der Waals surface area (Å²) in [7, 11) is 0. The predicted molar refractivity (Wildman–Crippen MR) is 94.3 cm³/mol. The van der Waals surface area contributed by atoms with Crippen molar-refractivity contribution in [3.05, 3.63) is 95.8 Å². The van der Waals surface area contributed by atoms with Crippen molar-refractivity contribution >= 4 is 5.91 Å². The lowest BCUT2D eigenvalue weighted by Gasteiger charge is -2.10. The topological polar surface area (TPSA) is 29.1 Å². The van der Waals surface area contributed by atoms with Gasteiger partial charge >= 0.3 is 0 Å². The van der Waals surface area contributed by atoms with Crippen molar-refractivity contribution in [2.24, 2.45) is 0 Å². The molecular weight excluding hydrogens is 301 g/mol. The van der Waals surface area contributed by atoms with Gasteiger partial charge in [0.2, 0.25) is 0 Å². The van der Waals surface area contributed by atoms with Gasteiger partial charge in [0.25, 0.3) is 5.91 Å². The van der Waals surface area contributed by atoms with Crippen molar-refractivity contribution in [3.63, 3.8) is 0 Å². The van der Waals surface area contributed by atoms with E-state index in [-0.39, 0.29) is 11.7 Å². The van der Waals surface area contributed by atoms with Crippen molar-refractivity contribution in [3.8, 4) is 11.1 Å². The van der Waals surface area contributed by atoms with E-state index >= 15 is 0 Å². The molecule has 1 amide bonds. The third-order valence-electron chi connectivity index (χ3n) is 3.84. The van der Waals surface area contributed by atoms with E-state index in [0.717, 1.165) is 16.7 Å². The zero-order valence-corrected chi connectivity index (χ0v) is 13.2. The number of hydrogen-bond donors (Lipinski definition) is 1. The Balaban J connectivity index is 1.70. The molecular formula is C21H18FNO. The second-order valence-corrected chi connectivity index (χ2v) is 5.55. The summed E-state index contributed by atoms with van der Waals surface area (Å²) in [6.45, 7) is 0.464. The van der Waals surface area contributed by atoms with Crippen molar-refractivity contribution in [2.75, 3.05) is 6.54 Å². The zero-order valence-electron chi connectivity index (χ0n) is 13.2. The summed E-state index contributed by atoms with van der Waals surface area (Å²) < 4.78 is 13.2. The standard InChI is InChI=1S/C21H18FNO/c22-18-10-6-7-16(15-18)13-14-23-21(24)20-12-5-4-11-19(20)17-8-2-1-3-9-17/h1-12,15H,13-14H2,(H,23,24). The van der Waals surface area contributed by atoms with Crippen molar-refractivity contribution in [2.45, 2.75) is 6.42 Å². The minimum absolute atomic E-state index is 0.120. The zero-order chi connectivity index (χ0) is 16.8. The maximum atomic E-state index is 13.2. The van der Waals surface area contributed by atoms with Gasteiger partial charge < -0.3 is 5.32 Å². The molecule has 3 aromatic rings. The lowest BCUT2D eigenvalue weighted by Crippen LogP contribution is -2.26. The molecule has 3 heteroatoms. The van der Waals surface area contributed by atoms with Gasteiger partial charge in [0, 0.05) is 12.1 Å². The third kappa shape index (κ3) is 3.87. The Bertz CT molecular complexity index is 830. The van der Waals surface area contributed by atoms with Crippen LogP contribution >= 0.6 is 0 Å². The Hall–Kier alpha value is -2.94. The summed E-state index contributed by atoms with van der Waals surface area (Å²) in [5.41, 5.74) is 3.42. The smallest absolute Gasteiger partial charge is 0.251 e. The summed E-state index contributed by atoms with van der Waals surface area (Å²) in [5, 5.41) is 2.92. The second kappa shape index (κ2) is 7.55. The van der Waals surface area contributed by atoms with Gasteiger partial charge in [-0.15, -0.1) is 0 Å². The lowest BCUT2D eigenvalue weighted by atomic mass is 9.99. The Kier molecular flexibility index (Phi) is 5.02. The van der Waals surface area contributed by atoms with E-state index in [1.54, 1.807) is 6.07 Å². The normalized spacial score (nSPS) is 10.4. The summed E-state index contributed by atoms with van der Waals surface area (Å²) in [6, 6.07) is 23.8. The second-order valence-electron chi connectivity index (χ2n) is 5.55. The first-order valence-corrected chi connectivity index (χ1v) is 7.91. The number of rotatable bonds is 5. The Morgan fingerprint density at radius 1 is 0.875 bits per heavy atom. The lowest BCUT2D eigenvalue weighted by molar-refractivity contribution is 0.0955. The maximum absolute atomic E-state index is 13.2. The van der Waals surface area contributed by atoms with E-state index in [4.69, 9.17) is 0 Å². The fourth-order valence-corrected chi connectivity index (χ4v) is 2.66. The van der Waals surface area contributed by atoms with Gasteiger partial charge in [0.1, 0.15) is 5.82 Å². The molecule has 0 unspecified atom stereocenters. The first kappa shape index (κ1) is 15.9. The fourth-order valence-electron chi connectivity index (χ4n) is 2.66. The molecule has 3 aromatic carbocycles. The molecule has 3 rings (SSSR count). The molecule has 0 bridgehead atoms. The largest absolute Gasteiger partial charge is 0.352 e. The molecule has 24 heavy (non-hydrogen) atoms. The van der Waals surface area contributed by atoms with E-state index in [1.165, 1.54) is 12.1 Å². The van der Waals surface area contributed by atoms with Gasteiger partial charge in [-0.25, -0.2) is 4.39 Å². The minimum atomic E-state index is -0.256. The van der Waals surface area contributed by atoms with Gasteiger partial charge in [0.15, 0.2) is 0 Å². The maximum Gasteiger partial charge on any atom is 0.251 e. The van der Waals surface area contributed by atoms with Crippen LogP contribution in [0.1, 0.15) is 15.9 Å². The van der Waals surface area contributed by atoms with E-state index in [2.05, 4.69) is 5.32 Å². The number of nitrogens with one attached hydrogen (secondary N) is 1. The van der Waals surface area contributed by atoms with Crippen LogP contribution in [0.25, 0.3) is 11.1 Å². The molecule has 0 spiro atoms. The summed E-state index contributed by atoms with van der Waals surface area (Å²) in [4.78, 5) is 12.5. The molecule has 0 saturated heterocycles. The number of carbonyl (C=O) groups excluding carboxylic acids is 1. The average Bonchev–Trinajstić information content (AvgIpc) is 2.62. The Morgan fingerprint density at radius 2 is 1.62 bits per heavy atom. The molecule has 0 fully saturated rings. The number of carbonyl (C=O) groups is 1. The molecule has 0 heterocycles. The third-order valence-corrected chi connectivity index (χ3v) is 3.84. The van der Waals surface area contributed by atoms with Crippen LogP contribution in [-0.4, -0.2) is 12.5 Å². The average molecular weight is 319 g/mol. The molecule has 0 aromatic heterocycles. The van der Waals surface area contributed by atoms with Crippen LogP contribution in [0.3, 0.4) is 0 Å². The van der Waals surface area contributed by atoms with Crippen molar-refractivity contribution < 1.29 is 9.18 Å². The molecule has 0 aliphatic rings. The van der Waals surface area contributed by atoms with Crippen LogP contribution in [-0.2, 0) is 6.42 Å². The van der Waals surface area contributed by atoms with Gasteiger partial charge in [-0.3, -0.25) is 4.79 Å². The van der Waals surface area contributed by atoms with E-state index in [1.807, 2.05) is 60.7 Å². The summed E-state index contributed by atoms with van der Waals surface area (Å²) in [5.74, 6) is -0.376. The molecule has 0 atom stereocenters. The number of hydrogen-bond acceptors (Lipinski definition) is 1. The van der Waals surface area contributed by atoms with Crippen LogP contribution in [0.4, 0.5) is 4.39 Å². The quantitative estimate of drug-likeness (QED) is 0.739. The van der Waals surface area contributed by atoms with Crippen LogP contribution < -0.4 is 5.32 Å². The van der Waals surface area contributed by atoms with Crippen LogP contribution in [0, 0.1) is 5.82 Å². The predicted octanol–water partition coefficient (Wildman–Crippen LogP) is 4.47. The highest BCUT2D eigenvalue weighted by Gasteiger charge is 2.11. The highest BCUT2D eigenvalue weighted by atomic mass is 19.1. The minimum Gasteiger partial charge on any atom is -0.352 e. The molecule has 0 aliphatic carbocycles. The first-order valence-electron chi connectivity index (χ1n) is 7.91. The van der Waals surface area contributed by atoms with Crippen LogP contribution in [0.5, 0.6) is 0 Å². The number of benzene rings is 3. The van der Waals surface area contributed by atoms with Gasteiger partial charge in [0.05, 0.1) is 0 Å². The molecule has 0 radical (unpaired) electrons. The molecule has 120 valence electrons. The fraction of sp³-hybridized carbons (Fsp3) is 0.0952. The van der Waals surface area contributed by atoms with Crippen LogP contribution in [0.2, 0.25) is 0 Å². The first-order chi connectivity index (χ1) is 11.7.